The van der Waals surface area contributed by atoms with E-state index in [2.05, 4.69) is 26.3 Å². The number of amides is 2. The van der Waals surface area contributed by atoms with Crippen molar-refractivity contribution in [1.82, 2.24) is 10.2 Å². The Labute approximate surface area is 116 Å². The molecule has 1 N–H and O–H groups in total. The van der Waals surface area contributed by atoms with Crippen LogP contribution in [-0.2, 0) is 0 Å². The van der Waals surface area contributed by atoms with Crippen molar-refractivity contribution in [2.45, 2.75) is 19.8 Å². The van der Waals surface area contributed by atoms with Gasteiger partial charge in [0.25, 0.3) is 0 Å². The number of hydrogen-bond donors (Lipinski definition) is 1. The second-order valence-electron chi connectivity index (χ2n) is 4.96. The average molecular weight is 341 g/mol. The van der Waals surface area contributed by atoms with E-state index in [0.29, 0.717) is 0 Å². The van der Waals surface area contributed by atoms with Crippen LogP contribution in [0.25, 0.3) is 0 Å². The minimum atomic E-state index is 0. The Balaban J connectivity index is 0.00000225. The zero-order valence-electron chi connectivity index (χ0n) is 10.6. The first-order chi connectivity index (χ1) is 7.05. The third kappa shape index (κ3) is 5.34. The van der Waals surface area contributed by atoms with Crippen molar-refractivity contribution in [3.8, 4) is 0 Å². The van der Waals surface area contributed by atoms with Gasteiger partial charge >= 0.3 is 6.03 Å². The van der Waals surface area contributed by atoms with Crippen LogP contribution in [0.3, 0.4) is 0 Å². The zero-order chi connectivity index (χ0) is 11.3. The van der Waals surface area contributed by atoms with Crippen molar-refractivity contribution in [2.24, 2.45) is 0 Å². The summed E-state index contributed by atoms with van der Waals surface area (Å²) in [7, 11) is 4.43. The number of rotatable bonds is 3. The number of hydrogen-bond acceptors (Lipinski definition) is 1. The van der Waals surface area contributed by atoms with Crippen LogP contribution in [0.1, 0.15) is 19.8 Å². The molecule has 4 nitrogen and oxygen atoms in total. The molecular weight excluding hydrogens is 317 g/mol. The number of halogens is 1. The predicted molar refractivity (Wildman–Crippen MR) is 61.7 cm³/mol. The van der Waals surface area contributed by atoms with Crippen LogP contribution < -0.4 is 29.3 Å². The second-order valence-corrected chi connectivity index (χ2v) is 4.96. The molecule has 96 valence electrons. The highest BCUT2D eigenvalue weighted by molar-refractivity contribution is 5.74. The summed E-state index contributed by atoms with van der Waals surface area (Å²) in [5.74, 6) is 0. The van der Waals surface area contributed by atoms with E-state index in [0.717, 1.165) is 50.0 Å². The van der Waals surface area contributed by atoms with Gasteiger partial charge in [-0.05, 0) is 6.42 Å². The minimum Gasteiger partial charge on any atom is -1.00 e. The smallest absolute Gasteiger partial charge is 0.317 e. The van der Waals surface area contributed by atoms with Crippen LogP contribution in [0.5, 0.6) is 0 Å². The average Bonchev–Trinajstić information content (AvgIpc) is 2.18. The number of piperazine rings is 1. The molecule has 0 aromatic rings. The Bertz CT molecular complexity index is 211. The van der Waals surface area contributed by atoms with E-state index >= 15 is 0 Å². The summed E-state index contributed by atoms with van der Waals surface area (Å²) < 4.78 is 1.03. The molecule has 0 aromatic carbocycles. The summed E-state index contributed by atoms with van der Waals surface area (Å²) in [6.45, 7) is 6.81. The van der Waals surface area contributed by atoms with E-state index in [4.69, 9.17) is 0 Å². The number of quaternary nitrogens is 1. The van der Waals surface area contributed by atoms with Crippen LogP contribution in [-0.4, -0.2) is 62.2 Å². The number of carbonyl (C=O) groups excluding carboxylic acids is 1. The molecule has 0 saturated carbocycles. The molecule has 2 amide bonds. The van der Waals surface area contributed by atoms with Crippen molar-refractivity contribution in [2.75, 3.05) is 46.8 Å². The second kappa shape index (κ2) is 7.32. The minimum absolute atomic E-state index is 0. The molecule has 1 rings (SSSR count). The molecule has 16 heavy (non-hydrogen) atoms. The van der Waals surface area contributed by atoms with Gasteiger partial charge in [-0.2, -0.15) is 0 Å². The third-order valence-electron chi connectivity index (χ3n) is 3.04. The lowest BCUT2D eigenvalue weighted by Crippen LogP contribution is -3.00. The van der Waals surface area contributed by atoms with Gasteiger partial charge in [-0.15, -0.1) is 0 Å². The SMILES string of the molecule is CCCCNC(=O)N1CC[N+](C)(C)CC1.[I-]. The van der Waals surface area contributed by atoms with Gasteiger partial charge in [0, 0.05) is 6.54 Å². The van der Waals surface area contributed by atoms with Crippen LogP contribution in [0, 0.1) is 0 Å². The first-order valence-electron chi connectivity index (χ1n) is 5.90. The van der Waals surface area contributed by atoms with Crippen LogP contribution in [0.2, 0.25) is 0 Å². The first-order valence-corrected chi connectivity index (χ1v) is 5.90. The van der Waals surface area contributed by atoms with Gasteiger partial charge in [0.2, 0.25) is 0 Å². The lowest BCUT2D eigenvalue weighted by atomic mass is 10.3. The number of urea groups is 1. The number of nitrogens with zero attached hydrogens (tertiary/aromatic N) is 2. The van der Waals surface area contributed by atoms with Crippen LogP contribution in [0.4, 0.5) is 4.79 Å². The summed E-state index contributed by atoms with van der Waals surface area (Å²) in [6.07, 6.45) is 2.20. The fourth-order valence-corrected chi connectivity index (χ4v) is 1.69. The topological polar surface area (TPSA) is 32.3 Å². The molecule has 0 aromatic heterocycles. The highest BCUT2D eigenvalue weighted by atomic mass is 127. The van der Waals surface area contributed by atoms with E-state index in [1.165, 1.54) is 0 Å². The Morgan fingerprint density at radius 2 is 1.88 bits per heavy atom. The van der Waals surface area contributed by atoms with Crippen molar-refractivity contribution < 1.29 is 33.3 Å². The van der Waals surface area contributed by atoms with Crippen LogP contribution >= 0.6 is 0 Å². The maximum Gasteiger partial charge on any atom is 0.317 e. The predicted octanol–water partition coefficient (Wildman–Crippen LogP) is -2.11. The maximum atomic E-state index is 11.7. The molecule has 5 heteroatoms. The number of unbranched alkanes of at least 4 members (excludes halogenated alkanes) is 1. The van der Waals surface area contributed by atoms with Gasteiger partial charge in [-0.1, -0.05) is 13.3 Å². The molecule has 1 heterocycles. The van der Waals surface area contributed by atoms with Gasteiger partial charge in [0.1, 0.15) is 0 Å². The summed E-state index contributed by atoms with van der Waals surface area (Å²) in [5.41, 5.74) is 0. The summed E-state index contributed by atoms with van der Waals surface area (Å²) >= 11 is 0. The molecule has 0 atom stereocenters. The van der Waals surface area contributed by atoms with E-state index in [1.807, 2.05) is 4.90 Å². The molecule has 1 aliphatic rings. The lowest BCUT2D eigenvalue weighted by Gasteiger charge is -2.38. The first kappa shape index (κ1) is 16.0. The van der Waals surface area contributed by atoms with Crippen molar-refractivity contribution in [3.05, 3.63) is 0 Å². The highest BCUT2D eigenvalue weighted by Crippen LogP contribution is 2.06. The van der Waals surface area contributed by atoms with Crippen molar-refractivity contribution in [1.29, 1.82) is 0 Å². The Hall–Kier alpha value is -0.0400. The molecular formula is C11H24IN3O. The molecule has 1 aliphatic heterocycles. The molecule has 1 fully saturated rings. The number of likely N-dealkylation sites (N-methyl/N-ethyl adjacent to an activating group) is 1. The fourth-order valence-electron chi connectivity index (χ4n) is 1.69. The monoisotopic (exact) mass is 341 g/mol. The van der Waals surface area contributed by atoms with E-state index in [-0.39, 0.29) is 30.0 Å². The molecule has 1 saturated heterocycles. The van der Waals surface area contributed by atoms with Gasteiger partial charge in [0.15, 0.2) is 0 Å². The van der Waals surface area contributed by atoms with E-state index in [9.17, 15) is 4.79 Å². The molecule has 0 unspecified atom stereocenters. The molecule has 0 bridgehead atoms. The largest absolute Gasteiger partial charge is 1.00 e. The Kier molecular flexibility index (Phi) is 7.30. The van der Waals surface area contributed by atoms with E-state index < -0.39 is 0 Å². The van der Waals surface area contributed by atoms with Crippen LogP contribution in [0.15, 0.2) is 0 Å². The van der Waals surface area contributed by atoms with Gasteiger partial charge in [-0.3, -0.25) is 0 Å². The third-order valence-corrected chi connectivity index (χ3v) is 3.04. The Morgan fingerprint density at radius 3 is 2.38 bits per heavy atom. The highest BCUT2D eigenvalue weighted by Gasteiger charge is 2.26. The van der Waals surface area contributed by atoms with Crippen molar-refractivity contribution in [3.63, 3.8) is 0 Å². The van der Waals surface area contributed by atoms with Gasteiger partial charge < -0.3 is 38.7 Å². The Morgan fingerprint density at radius 1 is 1.31 bits per heavy atom. The van der Waals surface area contributed by atoms with Gasteiger partial charge in [-0.25, -0.2) is 4.79 Å². The lowest BCUT2D eigenvalue weighted by molar-refractivity contribution is -0.894. The molecule has 0 aliphatic carbocycles. The summed E-state index contributed by atoms with van der Waals surface area (Å²) in [4.78, 5) is 13.6. The summed E-state index contributed by atoms with van der Waals surface area (Å²) in [6, 6.07) is 0.114. The fraction of sp³-hybridized carbons (Fsp3) is 0.909. The zero-order valence-corrected chi connectivity index (χ0v) is 12.8. The number of carbonyl (C=O) groups is 1. The quantitative estimate of drug-likeness (QED) is 0.356. The maximum absolute atomic E-state index is 11.7. The molecule has 0 radical (unpaired) electrons. The molecule has 0 spiro atoms. The van der Waals surface area contributed by atoms with Gasteiger partial charge in [0.05, 0.1) is 40.3 Å². The number of nitrogens with one attached hydrogen (secondary N) is 1. The van der Waals surface area contributed by atoms with E-state index in [1.54, 1.807) is 0 Å². The summed E-state index contributed by atoms with van der Waals surface area (Å²) in [5, 5.41) is 2.96. The van der Waals surface area contributed by atoms with Crippen molar-refractivity contribution >= 4 is 6.03 Å². The normalized spacial score (nSPS) is 18.8. The standard InChI is InChI=1S/C11H23N3O.HI/c1-4-5-6-12-11(15)13-7-9-14(2,3)10-8-13;/h4-10H2,1-3H3;1H.